The van der Waals surface area contributed by atoms with Crippen LogP contribution in [-0.2, 0) is 60.8 Å². The van der Waals surface area contributed by atoms with Gasteiger partial charge in [-0.1, -0.05) is 82.7 Å². The molecular formula is C55H90N16O13. The van der Waals surface area contributed by atoms with Crippen molar-refractivity contribution in [3.63, 3.8) is 0 Å². The number of H-pyrrole nitrogens is 1. The zero-order valence-electron chi connectivity index (χ0n) is 48.7. The summed E-state index contributed by atoms with van der Waals surface area (Å²) < 4.78 is 0. The first kappa shape index (κ1) is 70.5. The lowest BCUT2D eigenvalue weighted by molar-refractivity contribution is -0.143. The minimum absolute atomic E-state index is 0.00869. The Balaban J connectivity index is 1.74. The summed E-state index contributed by atoms with van der Waals surface area (Å²) in [6.07, 6.45) is 5.64. The van der Waals surface area contributed by atoms with Crippen LogP contribution in [0.15, 0.2) is 47.8 Å². The van der Waals surface area contributed by atoms with Crippen molar-refractivity contribution < 1.29 is 63.3 Å². The monoisotopic (exact) mass is 1180 g/mol. The largest absolute Gasteiger partial charge is 0.480 e. The molecule has 1 saturated carbocycles. The molecule has 9 amide bonds. The molecular weight excluding hydrogens is 1090 g/mol. The van der Waals surface area contributed by atoms with Crippen molar-refractivity contribution >= 4 is 65.1 Å². The minimum atomic E-state index is -1.83. The summed E-state index contributed by atoms with van der Waals surface area (Å²) in [6, 6.07) is -3.27. The molecule has 21 N–H and O–H groups in total. The number of rotatable bonds is 37. The zero-order chi connectivity index (χ0) is 62.5. The lowest BCUT2D eigenvalue weighted by atomic mass is 9.84. The van der Waals surface area contributed by atoms with Crippen molar-refractivity contribution in [3.8, 4) is 0 Å². The quantitative estimate of drug-likeness (QED) is 0.0178. The Kier molecular flexibility index (Phi) is 30.8. The SMILES string of the molecule is CCC(C)[C@H](NC(=O)[C@H](CCCN)NC(=O)CNC(=O)[C@@H](NC(=O)[C@@H](NC(=O)[C@H](Cc1cnc[nH]1)NC(=O)[C@H](CCc1ccccc1)NC(=O)[C@H](C)NC(=O)[C@@H](N)CCCN=C(N)N)[C@@H](C)O)[C@@H](C)O)C(=O)N[C@@H](CC1CCCCC1)C(=O)O. The van der Waals surface area contributed by atoms with Crippen LogP contribution in [0.4, 0.5) is 0 Å². The Morgan fingerprint density at radius 3 is 1.83 bits per heavy atom. The highest BCUT2D eigenvalue weighted by molar-refractivity contribution is 5.98. The summed E-state index contributed by atoms with van der Waals surface area (Å²) in [4.78, 5) is 146. The number of carboxylic acids is 1. The molecule has 1 fully saturated rings. The number of aliphatic carboxylic acids is 1. The van der Waals surface area contributed by atoms with Gasteiger partial charge in [-0.05, 0) is 89.7 Å². The number of carboxylic acid groups (broad SMARTS) is 1. The van der Waals surface area contributed by atoms with Crippen molar-refractivity contribution in [2.24, 2.45) is 39.8 Å². The number of aromatic nitrogens is 2. The van der Waals surface area contributed by atoms with Gasteiger partial charge in [0.25, 0.3) is 0 Å². The van der Waals surface area contributed by atoms with Crippen LogP contribution in [0.1, 0.15) is 123 Å². The van der Waals surface area contributed by atoms with Crippen molar-refractivity contribution in [2.75, 3.05) is 19.6 Å². The number of aryl methyl sites for hydroxylation is 1. The number of nitrogens with one attached hydrogen (secondary N) is 10. The first-order chi connectivity index (χ1) is 39.8. The molecule has 3 rings (SSSR count). The van der Waals surface area contributed by atoms with E-state index in [1.54, 1.807) is 32.0 Å². The fraction of sp³-hybridized carbons (Fsp3) is 0.636. The van der Waals surface area contributed by atoms with Crippen molar-refractivity contribution in [1.29, 1.82) is 0 Å². The third kappa shape index (κ3) is 25.0. The first-order valence-corrected chi connectivity index (χ1v) is 28.7. The number of nitrogens with two attached hydrogens (primary N) is 4. The number of hydrogen-bond donors (Lipinski definition) is 17. The maximum Gasteiger partial charge on any atom is 0.326 e. The van der Waals surface area contributed by atoms with E-state index in [0.717, 1.165) is 51.5 Å². The molecule has 1 heterocycles. The Hall–Kier alpha value is -7.76. The minimum Gasteiger partial charge on any atom is -0.480 e. The summed E-state index contributed by atoms with van der Waals surface area (Å²) in [5.74, 6) is -9.54. The van der Waals surface area contributed by atoms with Gasteiger partial charge in [-0.2, -0.15) is 0 Å². The topological polar surface area (TPSA) is 485 Å². The average Bonchev–Trinajstić information content (AvgIpc) is 4.09. The molecule has 1 aromatic heterocycles. The van der Waals surface area contributed by atoms with E-state index in [9.17, 15) is 63.3 Å². The predicted octanol–water partition coefficient (Wildman–Crippen LogP) is -3.42. The smallest absolute Gasteiger partial charge is 0.326 e. The van der Waals surface area contributed by atoms with Gasteiger partial charge in [0.1, 0.15) is 48.3 Å². The molecule has 1 aliphatic rings. The van der Waals surface area contributed by atoms with Gasteiger partial charge < -0.3 is 91.1 Å². The summed E-state index contributed by atoms with van der Waals surface area (Å²) in [7, 11) is 0. The molecule has 0 radical (unpaired) electrons. The average molecular weight is 1180 g/mol. The first-order valence-electron chi connectivity index (χ1n) is 28.7. The Morgan fingerprint density at radius 1 is 0.667 bits per heavy atom. The molecule has 0 spiro atoms. The molecule has 1 unspecified atom stereocenters. The van der Waals surface area contributed by atoms with Crippen LogP contribution in [-0.4, -0.2) is 177 Å². The number of nitrogens with zero attached hydrogens (tertiary/aromatic N) is 2. The van der Waals surface area contributed by atoms with Gasteiger partial charge in [0.2, 0.25) is 53.2 Å². The van der Waals surface area contributed by atoms with Gasteiger partial charge in [-0.15, -0.1) is 0 Å². The van der Waals surface area contributed by atoms with Gasteiger partial charge in [0.15, 0.2) is 5.96 Å². The maximum absolute atomic E-state index is 14.2. The number of aliphatic hydroxyl groups is 2. The maximum atomic E-state index is 14.2. The van der Waals surface area contributed by atoms with E-state index in [-0.39, 0.29) is 69.9 Å². The van der Waals surface area contributed by atoms with E-state index in [0.29, 0.717) is 18.5 Å². The second-order valence-corrected chi connectivity index (χ2v) is 21.4. The Labute approximate surface area is 489 Å². The van der Waals surface area contributed by atoms with E-state index in [2.05, 4.69) is 62.8 Å². The van der Waals surface area contributed by atoms with Gasteiger partial charge in [0.05, 0.1) is 31.1 Å². The zero-order valence-corrected chi connectivity index (χ0v) is 48.7. The number of carbonyl (C=O) groups excluding carboxylic acids is 9. The van der Waals surface area contributed by atoms with E-state index >= 15 is 0 Å². The third-order valence-corrected chi connectivity index (χ3v) is 14.5. The van der Waals surface area contributed by atoms with Crippen molar-refractivity contribution in [2.45, 2.75) is 191 Å². The fourth-order valence-electron chi connectivity index (χ4n) is 9.27. The third-order valence-electron chi connectivity index (χ3n) is 14.5. The predicted molar refractivity (Wildman–Crippen MR) is 309 cm³/mol. The number of aliphatic hydroxyl groups excluding tert-OH is 2. The van der Waals surface area contributed by atoms with E-state index in [4.69, 9.17) is 22.9 Å². The summed E-state index contributed by atoms with van der Waals surface area (Å²) in [6.45, 7) is 6.77. The number of guanidine groups is 1. The summed E-state index contributed by atoms with van der Waals surface area (Å²) in [5, 5.41) is 54.1. The Morgan fingerprint density at radius 2 is 1.24 bits per heavy atom. The molecule has 0 saturated heterocycles. The van der Waals surface area contributed by atoms with Crippen LogP contribution < -0.4 is 70.8 Å². The molecule has 0 aliphatic heterocycles. The highest BCUT2D eigenvalue weighted by Gasteiger charge is 2.37. The van der Waals surface area contributed by atoms with Crippen LogP contribution in [0.3, 0.4) is 0 Å². The molecule has 84 heavy (non-hydrogen) atoms. The second kappa shape index (κ2) is 36.7. The van der Waals surface area contributed by atoms with Crippen LogP contribution in [0.5, 0.6) is 0 Å². The van der Waals surface area contributed by atoms with Gasteiger partial charge in [-0.3, -0.25) is 48.1 Å². The number of aliphatic imine (C=N–C) groups is 1. The van der Waals surface area contributed by atoms with Crippen molar-refractivity contribution in [3.05, 3.63) is 54.1 Å². The molecule has 29 nitrogen and oxygen atoms in total. The van der Waals surface area contributed by atoms with Crippen molar-refractivity contribution in [1.82, 2.24) is 57.8 Å². The second-order valence-electron chi connectivity index (χ2n) is 21.4. The molecule has 29 heteroatoms. The normalized spacial score (nSPS) is 16.7. The molecule has 12 atom stereocenters. The highest BCUT2D eigenvalue weighted by atomic mass is 16.4. The van der Waals surface area contributed by atoms with E-state index < -0.39 is 138 Å². The number of carbonyl (C=O) groups is 10. The number of aromatic amines is 1. The molecule has 468 valence electrons. The summed E-state index contributed by atoms with van der Waals surface area (Å²) in [5.41, 5.74) is 23.6. The Bertz CT molecular complexity index is 2470. The van der Waals surface area contributed by atoms with E-state index in [1.807, 2.05) is 12.1 Å². The highest BCUT2D eigenvalue weighted by Crippen LogP contribution is 2.27. The van der Waals surface area contributed by atoms with Gasteiger partial charge in [0, 0.05) is 24.9 Å². The lowest BCUT2D eigenvalue weighted by Gasteiger charge is -2.29. The van der Waals surface area contributed by atoms with Crippen LogP contribution in [0.2, 0.25) is 0 Å². The van der Waals surface area contributed by atoms with Crippen LogP contribution >= 0.6 is 0 Å². The molecule has 0 bridgehead atoms. The van der Waals surface area contributed by atoms with Gasteiger partial charge >= 0.3 is 5.97 Å². The molecule has 1 aliphatic carbocycles. The standard InChI is InChI=1S/C55H90N16O13/c1-6-30(2)43(52(81)68-41(54(83)84)25-35-17-11-8-12-18-35)69-49(78)38(20-13-23-56)65-42(74)28-62-51(80)44(32(4)72)71-53(82)45(33(5)73)70-50(79)40(26-36-27-60-29-63-36)67-48(77)39(22-21-34-15-9-7-10-16-34)66-46(75)31(3)64-47(76)37(57)19-14-24-61-55(58)59/h7,9-10,15-16,27,29-33,35,37-41,43-45,72-73H,6,8,11-14,17-26,28,56-57H2,1-5H3,(H,60,63)(H,62,80)(H,64,76)(H,65,74)(H,66,75)(H,67,77)(H,68,81)(H,69,78)(H,70,79)(H,71,82)(H,83,84)(H4,58,59,61)/t30?,31-,32+,33+,37-,38-,39-,40-,41-,43-,44-,45-/m0/s1. The van der Waals surface area contributed by atoms with Gasteiger partial charge in [-0.25, -0.2) is 9.78 Å². The number of hydrogen-bond acceptors (Lipinski definition) is 16. The lowest BCUT2D eigenvalue weighted by Crippen LogP contribution is -2.62. The van der Waals surface area contributed by atoms with Crippen LogP contribution in [0, 0.1) is 11.8 Å². The fourth-order valence-corrected chi connectivity index (χ4v) is 9.27. The van der Waals surface area contributed by atoms with Crippen LogP contribution in [0.25, 0.3) is 0 Å². The number of amides is 9. The molecule has 2 aromatic rings. The van der Waals surface area contributed by atoms with E-state index in [1.165, 1.54) is 19.4 Å². The number of benzene rings is 1. The molecule has 1 aromatic carbocycles. The number of imidazole rings is 1. The summed E-state index contributed by atoms with van der Waals surface area (Å²) >= 11 is 0.